The molecule has 1 aliphatic heterocycles. The molecular weight excluding hydrogens is 332 g/mol. The molecule has 0 spiro atoms. The van der Waals surface area contributed by atoms with E-state index in [9.17, 15) is 19.5 Å². The monoisotopic (exact) mass is 350 g/mol. The van der Waals surface area contributed by atoms with Crippen molar-refractivity contribution >= 4 is 17.7 Å². The van der Waals surface area contributed by atoms with E-state index in [-0.39, 0.29) is 13.1 Å². The first kappa shape index (κ1) is 16.5. The molecule has 2 N–H and O–H groups in total. The first-order chi connectivity index (χ1) is 12.5. The molecule has 2 aliphatic rings. The minimum atomic E-state index is -1.04. The van der Waals surface area contributed by atoms with Gasteiger partial charge in [0, 0.05) is 19.4 Å². The number of carbonyl (C=O) groups excluding carboxylic acids is 3. The van der Waals surface area contributed by atoms with Crippen LogP contribution in [0.1, 0.15) is 31.8 Å². The first-order valence-electron chi connectivity index (χ1n) is 8.48. The Labute approximate surface area is 150 Å². The molecule has 0 atom stereocenters. The Bertz CT molecular complexity index is 862. The maximum absolute atomic E-state index is 12.3. The summed E-state index contributed by atoms with van der Waals surface area (Å²) in [6.45, 7) is -0.279. The highest BCUT2D eigenvalue weighted by molar-refractivity contribution is 6.22. The van der Waals surface area contributed by atoms with Gasteiger partial charge in [-0.1, -0.05) is 36.4 Å². The van der Waals surface area contributed by atoms with Gasteiger partial charge in [0.05, 0.1) is 16.7 Å². The first-order valence-corrected chi connectivity index (χ1v) is 8.48. The van der Waals surface area contributed by atoms with E-state index in [0.717, 1.165) is 16.0 Å². The second-order valence-corrected chi connectivity index (χ2v) is 6.87. The number of carbonyl (C=O) groups is 3. The molecule has 0 fully saturated rings. The fraction of sp³-hybridized carbons (Fsp3) is 0.250. The maximum atomic E-state index is 12.3. The highest BCUT2D eigenvalue weighted by Crippen LogP contribution is 2.29. The van der Waals surface area contributed by atoms with Crippen molar-refractivity contribution < 1.29 is 19.5 Å². The molecule has 0 unspecified atom stereocenters. The summed E-state index contributed by atoms with van der Waals surface area (Å²) >= 11 is 0. The maximum Gasteiger partial charge on any atom is 0.262 e. The van der Waals surface area contributed by atoms with Crippen molar-refractivity contribution in [2.24, 2.45) is 0 Å². The van der Waals surface area contributed by atoms with Crippen LogP contribution in [-0.2, 0) is 17.6 Å². The molecule has 0 radical (unpaired) electrons. The van der Waals surface area contributed by atoms with E-state index >= 15 is 0 Å². The van der Waals surface area contributed by atoms with Crippen molar-refractivity contribution in [1.82, 2.24) is 10.2 Å². The zero-order valence-corrected chi connectivity index (χ0v) is 14.1. The zero-order chi connectivity index (χ0) is 18.3. The van der Waals surface area contributed by atoms with Crippen molar-refractivity contribution in [3.63, 3.8) is 0 Å². The summed E-state index contributed by atoms with van der Waals surface area (Å²) in [5.74, 6) is -1.40. The largest absolute Gasteiger partial charge is 0.387 e. The van der Waals surface area contributed by atoms with Crippen LogP contribution in [0.2, 0.25) is 0 Å². The summed E-state index contributed by atoms with van der Waals surface area (Å²) in [6, 6.07) is 14.3. The van der Waals surface area contributed by atoms with Crippen molar-refractivity contribution in [3.05, 3.63) is 70.8 Å². The minimum Gasteiger partial charge on any atom is -0.387 e. The van der Waals surface area contributed by atoms with Crippen LogP contribution < -0.4 is 5.32 Å². The van der Waals surface area contributed by atoms with Gasteiger partial charge in [-0.25, -0.2) is 0 Å². The molecule has 0 saturated carbocycles. The van der Waals surface area contributed by atoms with Crippen molar-refractivity contribution in [2.75, 3.05) is 13.1 Å². The fourth-order valence-corrected chi connectivity index (χ4v) is 3.64. The predicted molar refractivity (Wildman–Crippen MR) is 93.6 cm³/mol. The van der Waals surface area contributed by atoms with Crippen LogP contribution in [0.5, 0.6) is 0 Å². The van der Waals surface area contributed by atoms with E-state index in [1.807, 2.05) is 24.3 Å². The van der Waals surface area contributed by atoms with Crippen LogP contribution in [0.3, 0.4) is 0 Å². The minimum absolute atomic E-state index is 0.0731. The van der Waals surface area contributed by atoms with Gasteiger partial charge in [-0.15, -0.1) is 0 Å². The average Bonchev–Trinajstić information content (AvgIpc) is 3.10. The van der Waals surface area contributed by atoms with Gasteiger partial charge in [0.25, 0.3) is 11.8 Å². The smallest absolute Gasteiger partial charge is 0.262 e. The number of rotatable bonds is 4. The third-order valence-electron chi connectivity index (χ3n) is 4.95. The molecule has 6 nitrogen and oxygen atoms in total. The number of benzene rings is 2. The second-order valence-electron chi connectivity index (χ2n) is 6.87. The van der Waals surface area contributed by atoms with Gasteiger partial charge in [0.2, 0.25) is 5.91 Å². The van der Waals surface area contributed by atoms with Crippen molar-refractivity contribution in [1.29, 1.82) is 0 Å². The van der Waals surface area contributed by atoms with Gasteiger partial charge in [-0.05, 0) is 23.3 Å². The molecule has 0 saturated heterocycles. The molecule has 1 heterocycles. The standard InChI is InChI=1S/C20H18N2O4/c23-17(11-22-18(24)15-7-3-4-8-16(15)19(22)25)21-12-20(26)9-13-5-1-2-6-14(13)10-20/h1-8,26H,9-12H2,(H,21,23). The van der Waals surface area contributed by atoms with Gasteiger partial charge in [0.1, 0.15) is 6.54 Å². The zero-order valence-electron chi connectivity index (χ0n) is 14.1. The second kappa shape index (κ2) is 6.07. The fourth-order valence-electron chi connectivity index (χ4n) is 3.64. The highest BCUT2D eigenvalue weighted by Gasteiger charge is 2.38. The number of imide groups is 1. The molecule has 0 aromatic heterocycles. The third kappa shape index (κ3) is 2.78. The Hall–Kier alpha value is -2.99. The average molecular weight is 350 g/mol. The summed E-state index contributed by atoms with van der Waals surface area (Å²) in [4.78, 5) is 37.8. The third-order valence-corrected chi connectivity index (χ3v) is 4.95. The van der Waals surface area contributed by atoms with Gasteiger partial charge >= 0.3 is 0 Å². The number of amides is 3. The molecule has 26 heavy (non-hydrogen) atoms. The predicted octanol–water partition coefficient (Wildman–Crippen LogP) is 0.929. The van der Waals surface area contributed by atoms with E-state index < -0.39 is 23.3 Å². The lowest BCUT2D eigenvalue weighted by molar-refractivity contribution is -0.122. The Kier molecular flexibility index (Phi) is 3.85. The van der Waals surface area contributed by atoms with Crippen molar-refractivity contribution in [3.8, 4) is 0 Å². The molecule has 6 heteroatoms. The number of nitrogens with zero attached hydrogens (tertiary/aromatic N) is 1. The van der Waals surface area contributed by atoms with E-state index in [1.165, 1.54) is 0 Å². The van der Waals surface area contributed by atoms with E-state index in [0.29, 0.717) is 24.0 Å². The molecule has 2 aromatic rings. The van der Waals surface area contributed by atoms with Crippen LogP contribution in [0.25, 0.3) is 0 Å². The number of nitrogens with one attached hydrogen (secondary N) is 1. The molecule has 1 aliphatic carbocycles. The molecule has 3 amide bonds. The van der Waals surface area contributed by atoms with Crippen LogP contribution >= 0.6 is 0 Å². The summed E-state index contributed by atoms with van der Waals surface area (Å²) in [6.07, 6.45) is 0.937. The van der Waals surface area contributed by atoms with Gasteiger partial charge < -0.3 is 10.4 Å². The lowest BCUT2D eigenvalue weighted by Gasteiger charge is -2.23. The van der Waals surface area contributed by atoms with Gasteiger partial charge in [0.15, 0.2) is 0 Å². The molecule has 2 aromatic carbocycles. The molecule has 4 rings (SSSR count). The molecule has 0 bridgehead atoms. The summed E-state index contributed by atoms with van der Waals surface area (Å²) in [5.41, 5.74) is 1.74. The van der Waals surface area contributed by atoms with Crippen molar-refractivity contribution in [2.45, 2.75) is 18.4 Å². The lowest BCUT2D eigenvalue weighted by atomic mass is 10.0. The number of hydrogen-bond acceptors (Lipinski definition) is 4. The van der Waals surface area contributed by atoms with Crippen LogP contribution in [0.4, 0.5) is 0 Å². The Balaban J connectivity index is 1.37. The highest BCUT2D eigenvalue weighted by atomic mass is 16.3. The topological polar surface area (TPSA) is 86.7 Å². The van der Waals surface area contributed by atoms with Crippen LogP contribution in [-0.4, -0.2) is 46.4 Å². The number of fused-ring (bicyclic) bond motifs is 2. The summed E-state index contributed by atoms with van der Waals surface area (Å²) in [5, 5.41) is 13.4. The lowest BCUT2D eigenvalue weighted by Crippen LogP contribution is -2.47. The van der Waals surface area contributed by atoms with Crippen LogP contribution in [0.15, 0.2) is 48.5 Å². The molecule has 132 valence electrons. The number of hydrogen-bond donors (Lipinski definition) is 2. The van der Waals surface area contributed by atoms with E-state index in [4.69, 9.17) is 0 Å². The molecular formula is C20H18N2O4. The van der Waals surface area contributed by atoms with E-state index in [2.05, 4.69) is 5.32 Å². The summed E-state index contributed by atoms with van der Waals surface area (Å²) in [7, 11) is 0. The van der Waals surface area contributed by atoms with Crippen LogP contribution in [0, 0.1) is 0 Å². The summed E-state index contributed by atoms with van der Waals surface area (Å²) < 4.78 is 0. The normalized spacial score (nSPS) is 17.2. The Morgan fingerprint density at radius 1 is 0.962 bits per heavy atom. The van der Waals surface area contributed by atoms with Gasteiger partial charge in [-0.2, -0.15) is 0 Å². The quantitative estimate of drug-likeness (QED) is 0.803. The Morgan fingerprint density at radius 3 is 2.00 bits per heavy atom. The van der Waals surface area contributed by atoms with E-state index in [1.54, 1.807) is 24.3 Å². The Morgan fingerprint density at radius 2 is 1.46 bits per heavy atom. The van der Waals surface area contributed by atoms with Gasteiger partial charge in [-0.3, -0.25) is 19.3 Å². The number of aliphatic hydroxyl groups is 1. The SMILES string of the molecule is O=C(CN1C(=O)c2ccccc2C1=O)NCC1(O)Cc2ccccc2C1.